The second kappa shape index (κ2) is 18.4. The molecule has 0 bridgehead atoms. The predicted molar refractivity (Wildman–Crippen MR) is 212 cm³/mol. The van der Waals surface area contributed by atoms with Crippen molar-refractivity contribution in [3.05, 3.63) is 146 Å². The summed E-state index contributed by atoms with van der Waals surface area (Å²) in [5, 5.41) is 11.7. The standard InChI is InChI=1S/C39H32Cl2N4O6S2/c1-3-51-39(50)32-23(2)34(37(49)42-26-15-8-5-9-16-26)53-38(32)45-31(46)22-52-28-18-11-17-27(21-28)43-36(48)30(20-25-14-10-19-29(40)33(25)41)44-35(47)24-12-6-4-7-13-24/h4-21H,3,22H2,1-2H3,(H,42,49)(H,43,48)(H,44,47)(H,45,46)/b30-20+. The number of ether oxygens (including phenoxy) is 1. The summed E-state index contributed by atoms with van der Waals surface area (Å²) in [6.45, 7) is 3.41. The van der Waals surface area contributed by atoms with Gasteiger partial charge < -0.3 is 26.0 Å². The lowest BCUT2D eigenvalue weighted by molar-refractivity contribution is -0.114. The molecule has 1 aromatic heterocycles. The summed E-state index contributed by atoms with van der Waals surface area (Å²) in [5.41, 5.74) is 2.16. The van der Waals surface area contributed by atoms with Gasteiger partial charge in [0.05, 0.1) is 32.8 Å². The number of hydrogen-bond acceptors (Lipinski definition) is 8. The van der Waals surface area contributed by atoms with Gasteiger partial charge in [-0.3, -0.25) is 19.2 Å². The van der Waals surface area contributed by atoms with Crippen molar-refractivity contribution in [2.75, 3.05) is 28.3 Å². The number of benzene rings is 4. The number of thiophene rings is 1. The number of nitrogens with one attached hydrogen (secondary N) is 4. The van der Waals surface area contributed by atoms with Crippen molar-refractivity contribution >= 4 is 98.4 Å². The van der Waals surface area contributed by atoms with Crippen molar-refractivity contribution in [3.8, 4) is 0 Å². The van der Waals surface area contributed by atoms with E-state index in [1.807, 2.05) is 6.07 Å². The van der Waals surface area contributed by atoms with E-state index in [4.69, 9.17) is 27.9 Å². The number of hydrogen-bond donors (Lipinski definition) is 4. The number of esters is 1. The Hall–Kier alpha value is -5.40. The van der Waals surface area contributed by atoms with Crippen LogP contribution in [-0.4, -0.2) is 42.0 Å². The fourth-order valence-electron chi connectivity index (χ4n) is 4.88. The number of carbonyl (C=O) groups is 5. The average molecular weight is 788 g/mol. The third-order valence-corrected chi connectivity index (χ3v) is 10.4. The number of para-hydroxylation sites is 1. The molecular weight excluding hydrogens is 755 g/mol. The minimum absolute atomic E-state index is 0.0618. The molecule has 0 unspecified atom stereocenters. The normalized spacial score (nSPS) is 11.0. The van der Waals surface area contributed by atoms with Crippen LogP contribution in [0.5, 0.6) is 0 Å². The van der Waals surface area contributed by atoms with Gasteiger partial charge in [-0.15, -0.1) is 23.1 Å². The molecule has 0 fully saturated rings. The van der Waals surface area contributed by atoms with Crippen LogP contribution in [0.3, 0.4) is 0 Å². The van der Waals surface area contributed by atoms with E-state index in [1.165, 1.54) is 17.8 Å². The molecule has 0 aliphatic rings. The first kappa shape index (κ1) is 38.8. The first-order valence-electron chi connectivity index (χ1n) is 16.1. The molecule has 14 heteroatoms. The summed E-state index contributed by atoms with van der Waals surface area (Å²) >= 11 is 14.7. The van der Waals surface area contributed by atoms with Crippen molar-refractivity contribution in [2.24, 2.45) is 0 Å². The third kappa shape index (κ3) is 10.4. The zero-order valence-electron chi connectivity index (χ0n) is 28.3. The Morgan fingerprint density at radius 1 is 0.792 bits per heavy atom. The molecule has 0 saturated carbocycles. The summed E-state index contributed by atoms with van der Waals surface area (Å²) in [6, 6.07) is 29.0. The molecule has 5 aromatic rings. The van der Waals surface area contributed by atoms with Gasteiger partial charge in [0.1, 0.15) is 10.7 Å². The van der Waals surface area contributed by atoms with Crippen LogP contribution < -0.4 is 21.3 Å². The highest BCUT2D eigenvalue weighted by atomic mass is 35.5. The van der Waals surface area contributed by atoms with E-state index in [0.717, 1.165) is 11.3 Å². The summed E-state index contributed by atoms with van der Waals surface area (Å²) < 4.78 is 5.23. The third-order valence-electron chi connectivity index (χ3n) is 7.39. The number of carbonyl (C=O) groups excluding carboxylic acids is 5. The zero-order valence-corrected chi connectivity index (χ0v) is 31.5. The molecule has 0 atom stereocenters. The van der Waals surface area contributed by atoms with Gasteiger partial charge in [-0.1, -0.05) is 77.8 Å². The maximum Gasteiger partial charge on any atom is 0.341 e. The minimum Gasteiger partial charge on any atom is -0.462 e. The molecule has 4 amide bonds. The Morgan fingerprint density at radius 2 is 1.47 bits per heavy atom. The van der Waals surface area contributed by atoms with Crippen LogP contribution in [0.15, 0.2) is 114 Å². The molecule has 5 rings (SSSR count). The number of rotatable bonds is 13. The Kier molecular flexibility index (Phi) is 13.5. The molecular formula is C39H32Cl2N4O6S2. The van der Waals surface area contributed by atoms with Crippen molar-refractivity contribution in [1.82, 2.24) is 5.32 Å². The quantitative estimate of drug-likeness (QED) is 0.0530. The van der Waals surface area contributed by atoms with E-state index in [0.29, 0.717) is 33.0 Å². The lowest BCUT2D eigenvalue weighted by atomic mass is 10.1. The number of anilines is 3. The van der Waals surface area contributed by atoms with Gasteiger partial charge in [0, 0.05) is 21.8 Å². The summed E-state index contributed by atoms with van der Waals surface area (Å²) in [4.78, 5) is 66.7. The van der Waals surface area contributed by atoms with Crippen molar-refractivity contribution < 1.29 is 28.7 Å². The van der Waals surface area contributed by atoms with E-state index in [1.54, 1.807) is 111 Å². The van der Waals surface area contributed by atoms with Crippen LogP contribution in [0, 0.1) is 6.92 Å². The molecule has 1 heterocycles. The topological polar surface area (TPSA) is 143 Å². The van der Waals surface area contributed by atoms with Crippen LogP contribution in [0.1, 0.15) is 48.4 Å². The van der Waals surface area contributed by atoms with Crippen molar-refractivity contribution in [3.63, 3.8) is 0 Å². The maximum absolute atomic E-state index is 13.6. The maximum atomic E-state index is 13.6. The number of halogens is 2. The lowest BCUT2D eigenvalue weighted by Gasteiger charge is -2.13. The smallest absolute Gasteiger partial charge is 0.341 e. The van der Waals surface area contributed by atoms with Crippen LogP contribution in [-0.2, 0) is 14.3 Å². The summed E-state index contributed by atoms with van der Waals surface area (Å²) in [7, 11) is 0. The lowest BCUT2D eigenvalue weighted by Crippen LogP contribution is -2.30. The van der Waals surface area contributed by atoms with Crippen LogP contribution in [0.25, 0.3) is 6.08 Å². The van der Waals surface area contributed by atoms with E-state index >= 15 is 0 Å². The summed E-state index contributed by atoms with van der Waals surface area (Å²) in [6.07, 6.45) is 1.43. The van der Waals surface area contributed by atoms with Crippen LogP contribution in [0.2, 0.25) is 10.0 Å². The fourth-order valence-corrected chi connectivity index (χ4v) is 7.10. The van der Waals surface area contributed by atoms with Gasteiger partial charge in [0.2, 0.25) is 5.91 Å². The number of amides is 4. The highest BCUT2D eigenvalue weighted by Crippen LogP contribution is 2.35. The summed E-state index contributed by atoms with van der Waals surface area (Å²) in [5.74, 6) is -2.70. The predicted octanol–water partition coefficient (Wildman–Crippen LogP) is 8.93. The van der Waals surface area contributed by atoms with Gasteiger partial charge >= 0.3 is 5.97 Å². The SMILES string of the molecule is CCOC(=O)c1c(NC(=O)CSc2cccc(NC(=O)/C(=C\c3cccc(Cl)c3Cl)NC(=O)c3ccccc3)c2)sc(C(=O)Nc2ccccc2)c1C. The molecule has 0 saturated heterocycles. The molecule has 0 aliphatic heterocycles. The second-order valence-electron chi connectivity index (χ2n) is 11.1. The molecule has 0 radical (unpaired) electrons. The average Bonchev–Trinajstić information content (AvgIpc) is 3.48. The first-order chi connectivity index (χ1) is 25.5. The molecule has 4 N–H and O–H groups in total. The minimum atomic E-state index is -0.655. The van der Waals surface area contributed by atoms with Crippen molar-refractivity contribution in [1.29, 1.82) is 0 Å². The molecule has 270 valence electrons. The monoisotopic (exact) mass is 786 g/mol. The van der Waals surface area contributed by atoms with E-state index < -0.39 is 29.6 Å². The molecule has 53 heavy (non-hydrogen) atoms. The van der Waals surface area contributed by atoms with Crippen LogP contribution >= 0.6 is 46.3 Å². The second-order valence-corrected chi connectivity index (χ2v) is 14.0. The Balaban J connectivity index is 1.29. The molecule has 0 spiro atoms. The zero-order chi connectivity index (χ0) is 37.9. The molecule has 0 aliphatic carbocycles. The number of thioether (sulfide) groups is 1. The van der Waals surface area contributed by atoms with Gasteiger partial charge in [-0.05, 0) is 79.6 Å². The van der Waals surface area contributed by atoms with Gasteiger partial charge in [0.15, 0.2) is 0 Å². The largest absolute Gasteiger partial charge is 0.462 e. The van der Waals surface area contributed by atoms with Crippen molar-refractivity contribution in [2.45, 2.75) is 18.7 Å². The molecule has 4 aromatic carbocycles. The Bertz CT molecular complexity index is 2190. The molecule has 10 nitrogen and oxygen atoms in total. The first-order valence-corrected chi connectivity index (χ1v) is 18.6. The van der Waals surface area contributed by atoms with E-state index in [-0.39, 0.29) is 43.5 Å². The van der Waals surface area contributed by atoms with Gasteiger partial charge in [-0.2, -0.15) is 0 Å². The van der Waals surface area contributed by atoms with Crippen LogP contribution in [0.4, 0.5) is 16.4 Å². The fraction of sp³-hybridized carbons (Fsp3) is 0.103. The van der Waals surface area contributed by atoms with Gasteiger partial charge in [0.25, 0.3) is 17.7 Å². The Labute approximate surface area is 323 Å². The highest BCUT2D eigenvalue weighted by molar-refractivity contribution is 8.00. The highest BCUT2D eigenvalue weighted by Gasteiger charge is 2.27. The van der Waals surface area contributed by atoms with E-state index in [2.05, 4.69) is 21.3 Å². The van der Waals surface area contributed by atoms with Gasteiger partial charge in [-0.25, -0.2) is 4.79 Å². The van der Waals surface area contributed by atoms with E-state index in [9.17, 15) is 24.0 Å². The Morgan fingerprint density at radius 3 is 2.19 bits per heavy atom.